The minimum atomic E-state index is -4.28. The molecular formula is C18H19F2O7-. The number of hydrogen-bond donors (Lipinski definition) is 0. The van der Waals surface area contributed by atoms with E-state index in [9.17, 15) is 28.3 Å². The van der Waals surface area contributed by atoms with Crippen LogP contribution in [0, 0.1) is 0 Å². The largest absolute Gasteiger partial charge is 0.544 e. The summed E-state index contributed by atoms with van der Waals surface area (Å²) in [4.78, 5) is 33.7. The Hall–Kier alpha value is -2.71. The van der Waals surface area contributed by atoms with Gasteiger partial charge in [0.05, 0.1) is 5.56 Å². The molecule has 1 fully saturated rings. The molecule has 0 amide bonds. The molecule has 0 heterocycles. The standard InChI is InChI=1S/C18H20F2O7/c1-17(9-3-2-4-10-17)27-16(24)26-13-7-5-12(6-8-13)14(21)25-11-18(19,20)15(22)23/h5-8H,2-4,9-11H2,1H3,(H,22,23)/p-1. The summed E-state index contributed by atoms with van der Waals surface area (Å²) in [6.45, 7) is 0.201. The zero-order chi connectivity index (χ0) is 20.1. The fraction of sp³-hybridized carbons (Fsp3) is 0.500. The van der Waals surface area contributed by atoms with Crippen molar-refractivity contribution in [2.75, 3.05) is 6.61 Å². The van der Waals surface area contributed by atoms with Gasteiger partial charge in [0.25, 0.3) is 0 Å². The predicted octanol–water partition coefficient (Wildman–Crippen LogP) is 2.47. The number of halogens is 2. The average molecular weight is 385 g/mol. The normalized spacial score (nSPS) is 16.3. The van der Waals surface area contributed by atoms with Gasteiger partial charge in [0, 0.05) is 0 Å². The molecule has 0 N–H and O–H groups in total. The summed E-state index contributed by atoms with van der Waals surface area (Å²) in [6.07, 6.45) is 3.67. The van der Waals surface area contributed by atoms with Crippen molar-refractivity contribution in [1.29, 1.82) is 0 Å². The number of carbonyl (C=O) groups excluding carboxylic acids is 3. The number of benzene rings is 1. The van der Waals surface area contributed by atoms with Crippen molar-refractivity contribution in [3.63, 3.8) is 0 Å². The van der Waals surface area contributed by atoms with Gasteiger partial charge >= 0.3 is 18.0 Å². The van der Waals surface area contributed by atoms with Crippen LogP contribution < -0.4 is 9.84 Å². The third-order valence-electron chi connectivity index (χ3n) is 4.22. The summed E-state index contributed by atoms with van der Waals surface area (Å²) >= 11 is 0. The van der Waals surface area contributed by atoms with E-state index in [0.717, 1.165) is 32.1 Å². The van der Waals surface area contributed by atoms with Crippen molar-refractivity contribution < 1.29 is 42.5 Å². The third-order valence-corrected chi connectivity index (χ3v) is 4.22. The van der Waals surface area contributed by atoms with Crippen molar-refractivity contribution in [2.45, 2.75) is 50.6 Å². The van der Waals surface area contributed by atoms with Crippen LogP contribution in [-0.4, -0.2) is 36.2 Å². The lowest BCUT2D eigenvalue weighted by atomic mass is 9.86. The highest BCUT2D eigenvalue weighted by molar-refractivity contribution is 5.89. The van der Waals surface area contributed by atoms with Gasteiger partial charge in [-0.15, -0.1) is 0 Å². The van der Waals surface area contributed by atoms with Crippen LogP contribution in [0.1, 0.15) is 49.4 Å². The fourth-order valence-electron chi connectivity index (χ4n) is 2.68. The van der Waals surface area contributed by atoms with Gasteiger partial charge in [-0.3, -0.25) is 0 Å². The molecule has 0 bridgehead atoms. The van der Waals surface area contributed by atoms with Gasteiger partial charge in [-0.2, -0.15) is 8.78 Å². The first-order valence-electron chi connectivity index (χ1n) is 8.39. The smallest absolute Gasteiger partial charge is 0.514 e. The summed E-state index contributed by atoms with van der Waals surface area (Å²) in [7, 11) is 0. The van der Waals surface area contributed by atoms with Crippen LogP contribution in [0.2, 0.25) is 0 Å². The first-order chi connectivity index (χ1) is 12.6. The van der Waals surface area contributed by atoms with Gasteiger partial charge in [0.1, 0.15) is 17.3 Å². The van der Waals surface area contributed by atoms with Gasteiger partial charge < -0.3 is 24.1 Å². The number of carboxylic acid groups (broad SMARTS) is 1. The third kappa shape index (κ3) is 5.90. The van der Waals surface area contributed by atoms with E-state index in [1.165, 1.54) is 24.3 Å². The summed E-state index contributed by atoms with van der Waals surface area (Å²) in [5, 5.41) is 10.2. The minimum absolute atomic E-state index is 0.0935. The zero-order valence-electron chi connectivity index (χ0n) is 14.7. The Morgan fingerprint density at radius 2 is 1.70 bits per heavy atom. The maximum Gasteiger partial charge on any atom is 0.514 e. The van der Waals surface area contributed by atoms with Gasteiger partial charge in [-0.05, 0) is 56.9 Å². The summed E-state index contributed by atoms with van der Waals surface area (Å²) in [5.41, 5.74) is -0.687. The Balaban J connectivity index is 1.88. The first kappa shape index (κ1) is 20.6. The zero-order valence-corrected chi connectivity index (χ0v) is 14.7. The molecule has 1 saturated carbocycles. The van der Waals surface area contributed by atoms with E-state index in [1.54, 1.807) is 0 Å². The molecule has 0 aliphatic heterocycles. The fourth-order valence-corrected chi connectivity index (χ4v) is 2.68. The monoisotopic (exact) mass is 385 g/mol. The molecule has 7 nitrogen and oxygen atoms in total. The highest BCUT2D eigenvalue weighted by Gasteiger charge is 2.33. The van der Waals surface area contributed by atoms with Crippen molar-refractivity contribution in [3.05, 3.63) is 29.8 Å². The molecule has 27 heavy (non-hydrogen) atoms. The second-order valence-electron chi connectivity index (χ2n) is 6.56. The Bertz CT molecular complexity index is 694. The lowest BCUT2D eigenvalue weighted by Gasteiger charge is -2.32. The van der Waals surface area contributed by atoms with Crippen LogP contribution in [0.3, 0.4) is 0 Å². The summed E-state index contributed by atoms with van der Waals surface area (Å²) < 4.78 is 40.3. The van der Waals surface area contributed by atoms with Crippen LogP contribution in [0.15, 0.2) is 24.3 Å². The second kappa shape index (κ2) is 8.32. The average Bonchev–Trinajstić information content (AvgIpc) is 2.60. The Morgan fingerprint density at radius 1 is 1.11 bits per heavy atom. The minimum Gasteiger partial charge on any atom is -0.544 e. The van der Waals surface area contributed by atoms with Crippen LogP contribution in [0.4, 0.5) is 13.6 Å². The molecule has 2 rings (SSSR count). The van der Waals surface area contributed by atoms with Crippen LogP contribution in [0.25, 0.3) is 0 Å². The molecule has 1 aliphatic carbocycles. The number of esters is 1. The van der Waals surface area contributed by atoms with Crippen molar-refractivity contribution in [3.8, 4) is 5.75 Å². The van der Waals surface area contributed by atoms with Crippen LogP contribution >= 0.6 is 0 Å². The molecule has 1 aromatic rings. The van der Waals surface area contributed by atoms with Crippen LogP contribution in [0.5, 0.6) is 5.75 Å². The van der Waals surface area contributed by atoms with E-state index in [0.29, 0.717) is 0 Å². The van der Waals surface area contributed by atoms with Crippen molar-refractivity contribution in [2.24, 2.45) is 0 Å². The molecule has 0 spiro atoms. The number of carbonyl (C=O) groups is 3. The first-order valence-corrected chi connectivity index (χ1v) is 8.39. The quantitative estimate of drug-likeness (QED) is 0.547. The van der Waals surface area contributed by atoms with Crippen LogP contribution in [-0.2, 0) is 14.3 Å². The molecule has 1 aliphatic rings. The predicted molar refractivity (Wildman–Crippen MR) is 85.3 cm³/mol. The van der Waals surface area contributed by atoms with Gasteiger partial charge in [-0.25, -0.2) is 9.59 Å². The maximum atomic E-state index is 12.8. The van der Waals surface area contributed by atoms with E-state index >= 15 is 0 Å². The summed E-state index contributed by atoms with van der Waals surface area (Å²) in [5.74, 6) is -7.97. The molecule has 0 aromatic heterocycles. The lowest BCUT2D eigenvalue weighted by molar-refractivity contribution is -0.331. The molecule has 0 unspecified atom stereocenters. The number of alkyl halides is 2. The molecule has 0 saturated heterocycles. The number of aliphatic carboxylic acids is 1. The molecule has 9 heteroatoms. The van der Waals surface area contributed by atoms with Gasteiger partial charge in [0.2, 0.25) is 0 Å². The molecule has 0 radical (unpaired) electrons. The number of carboxylic acids is 1. The second-order valence-corrected chi connectivity index (χ2v) is 6.56. The molecule has 1 aromatic carbocycles. The topological polar surface area (TPSA) is 102 Å². The van der Waals surface area contributed by atoms with E-state index in [-0.39, 0.29) is 11.3 Å². The number of hydrogen-bond acceptors (Lipinski definition) is 7. The lowest BCUT2D eigenvalue weighted by Crippen LogP contribution is -2.45. The van der Waals surface area contributed by atoms with Crippen molar-refractivity contribution >= 4 is 18.1 Å². The highest BCUT2D eigenvalue weighted by atomic mass is 19.3. The Morgan fingerprint density at radius 3 is 2.26 bits per heavy atom. The van der Waals surface area contributed by atoms with E-state index in [2.05, 4.69) is 4.74 Å². The highest BCUT2D eigenvalue weighted by Crippen LogP contribution is 2.31. The van der Waals surface area contributed by atoms with E-state index < -0.39 is 36.2 Å². The van der Waals surface area contributed by atoms with E-state index in [1.807, 2.05) is 6.92 Å². The number of rotatable bonds is 6. The molecule has 148 valence electrons. The maximum absolute atomic E-state index is 12.8. The van der Waals surface area contributed by atoms with Crippen molar-refractivity contribution in [1.82, 2.24) is 0 Å². The summed E-state index contributed by atoms with van der Waals surface area (Å²) in [6, 6.07) is 4.89. The van der Waals surface area contributed by atoms with Gasteiger partial charge in [0.15, 0.2) is 6.61 Å². The Labute approximate surface area is 154 Å². The SMILES string of the molecule is CC1(OC(=O)Oc2ccc(C(=O)OCC(F)(F)C(=O)[O-])cc2)CCCCC1. The number of ether oxygens (including phenoxy) is 3. The Kier molecular flexibility index (Phi) is 6.35. The molecular weight excluding hydrogens is 366 g/mol. The molecule has 0 atom stereocenters. The van der Waals surface area contributed by atoms with E-state index in [4.69, 9.17) is 9.47 Å². The van der Waals surface area contributed by atoms with Gasteiger partial charge in [-0.1, -0.05) is 6.42 Å².